The van der Waals surface area contributed by atoms with Crippen molar-refractivity contribution in [3.63, 3.8) is 0 Å². The van der Waals surface area contributed by atoms with Gasteiger partial charge in [0.25, 0.3) is 0 Å². The normalized spacial score (nSPS) is 10.0. The van der Waals surface area contributed by atoms with Gasteiger partial charge in [0.05, 0.1) is 29.7 Å². The summed E-state index contributed by atoms with van der Waals surface area (Å²) in [6.07, 6.45) is 3.44. The Labute approximate surface area is 112 Å². The number of nitrogens with one attached hydrogen (secondary N) is 1. The van der Waals surface area contributed by atoms with Crippen LogP contribution in [0, 0.1) is 32.1 Å². The van der Waals surface area contributed by atoms with Gasteiger partial charge in [0.2, 0.25) is 0 Å². The molecule has 2 rings (SSSR count). The molecule has 19 heavy (non-hydrogen) atoms. The van der Waals surface area contributed by atoms with Gasteiger partial charge in [-0.05, 0) is 32.4 Å². The van der Waals surface area contributed by atoms with E-state index in [0.717, 1.165) is 22.6 Å². The molecule has 0 fully saturated rings. The topological polar surface area (TPSA) is 74.5 Å². The van der Waals surface area contributed by atoms with E-state index in [1.165, 1.54) is 0 Å². The van der Waals surface area contributed by atoms with Gasteiger partial charge in [-0.3, -0.25) is 9.97 Å². The van der Waals surface area contributed by atoms with Gasteiger partial charge in [-0.25, -0.2) is 4.98 Å². The molecule has 1 N–H and O–H groups in total. The van der Waals surface area contributed by atoms with Crippen LogP contribution in [0.15, 0.2) is 18.5 Å². The van der Waals surface area contributed by atoms with Gasteiger partial charge in [-0.1, -0.05) is 0 Å². The van der Waals surface area contributed by atoms with Gasteiger partial charge < -0.3 is 5.32 Å². The van der Waals surface area contributed by atoms with E-state index in [2.05, 4.69) is 26.3 Å². The number of anilines is 1. The minimum Gasteiger partial charge on any atom is -0.363 e. The fourth-order valence-corrected chi connectivity index (χ4v) is 1.79. The molecule has 2 heterocycles. The standard InChI is InChI=1S/C14H15N5/c1-9-4-10(2)19-14(13(9)5-15)18-8-12-7-16-11(3)6-17-12/h4,6-7H,8H2,1-3H3,(H,18,19). The van der Waals surface area contributed by atoms with Crippen molar-refractivity contribution in [2.45, 2.75) is 27.3 Å². The predicted molar refractivity (Wildman–Crippen MR) is 72.5 cm³/mol. The fraction of sp³-hybridized carbons (Fsp3) is 0.286. The second kappa shape index (κ2) is 5.44. The monoisotopic (exact) mass is 253 g/mol. The molecule has 2 aromatic rings. The first-order valence-corrected chi connectivity index (χ1v) is 6.00. The third kappa shape index (κ3) is 3.05. The number of aromatic nitrogens is 3. The van der Waals surface area contributed by atoms with Crippen LogP contribution in [0.4, 0.5) is 5.82 Å². The summed E-state index contributed by atoms with van der Waals surface area (Å²) in [7, 11) is 0. The Bertz CT molecular complexity index is 626. The van der Waals surface area contributed by atoms with Gasteiger partial charge in [0.1, 0.15) is 11.9 Å². The Kier molecular flexibility index (Phi) is 3.71. The van der Waals surface area contributed by atoms with Crippen LogP contribution in [0.25, 0.3) is 0 Å². The lowest BCUT2D eigenvalue weighted by Gasteiger charge is -2.09. The van der Waals surface area contributed by atoms with E-state index in [1.54, 1.807) is 12.4 Å². The zero-order valence-electron chi connectivity index (χ0n) is 11.2. The summed E-state index contributed by atoms with van der Waals surface area (Å²) < 4.78 is 0. The van der Waals surface area contributed by atoms with Gasteiger partial charge in [-0.15, -0.1) is 0 Å². The lowest BCUT2D eigenvalue weighted by Crippen LogP contribution is -2.07. The maximum absolute atomic E-state index is 9.17. The maximum atomic E-state index is 9.17. The van der Waals surface area contributed by atoms with Gasteiger partial charge in [0, 0.05) is 11.9 Å². The Morgan fingerprint density at radius 3 is 2.58 bits per heavy atom. The largest absolute Gasteiger partial charge is 0.363 e. The highest BCUT2D eigenvalue weighted by Crippen LogP contribution is 2.17. The summed E-state index contributed by atoms with van der Waals surface area (Å²) in [4.78, 5) is 12.8. The van der Waals surface area contributed by atoms with E-state index in [4.69, 9.17) is 5.26 Å². The first-order chi connectivity index (χ1) is 9.10. The Hall–Kier alpha value is -2.48. The molecule has 5 nitrogen and oxygen atoms in total. The first kappa shape index (κ1) is 13.0. The molecule has 0 aliphatic heterocycles. The van der Waals surface area contributed by atoms with Crippen LogP contribution in [0.5, 0.6) is 0 Å². The smallest absolute Gasteiger partial charge is 0.144 e. The van der Waals surface area contributed by atoms with Gasteiger partial charge in [-0.2, -0.15) is 5.26 Å². The molecule has 0 bridgehead atoms. The number of hydrogen-bond acceptors (Lipinski definition) is 5. The highest BCUT2D eigenvalue weighted by molar-refractivity contribution is 5.56. The zero-order chi connectivity index (χ0) is 13.8. The lowest BCUT2D eigenvalue weighted by molar-refractivity contribution is 0.971. The molecular formula is C14H15N5. The Balaban J connectivity index is 2.20. The summed E-state index contributed by atoms with van der Waals surface area (Å²) >= 11 is 0. The van der Waals surface area contributed by atoms with Crippen LogP contribution in [-0.2, 0) is 6.54 Å². The van der Waals surface area contributed by atoms with Crippen molar-refractivity contribution in [2.24, 2.45) is 0 Å². The van der Waals surface area contributed by atoms with Crippen LogP contribution < -0.4 is 5.32 Å². The number of hydrogen-bond donors (Lipinski definition) is 1. The van der Waals surface area contributed by atoms with Crippen molar-refractivity contribution in [2.75, 3.05) is 5.32 Å². The Morgan fingerprint density at radius 2 is 1.95 bits per heavy atom. The third-order valence-electron chi connectivity index (χ3n) is 2.73. The van der Waals surface area contributed by atoms with Crippen LogP contribution in [0.1, 0.15) is 28.2 Å². The quantitative estimate of drug-likeness (QED) is 0.908. The van der Waals surface area contributed by atoms with E-state index >= 15 is 0 Å². The number of aryl methyl sites for hydroxylation is 3. The number of nitriles is 1. The van der Waals surface area contributed by atoms with E-state index in [1.807, 2.05) is 26.8 Å². The molecular weight excluding hydrogens is 238 g/mol. The second-order valence-electron chi connectivity index (χ2n) is 4.42. The van der Waals surface area contributed by atoms with Crippen molar-refractivity contribution in [3.8, 4) is 6.07 Å². The van der Waals surface area contributed by atoms with Crippen molar-refractivity contribution in [1.82, 2.24) is 15.0 Å². The lowest BCUT2D eigenvalue weighted by atomic mass is 10.1. The molecule has 0 spiro atoms. The molecule has 0 amide bonds. The molecule has 0 saturated heterocycles. The summed E-state index contributed by atoms with van der Waals surface area (Å²) in [5.41, 5.74) is 4.08. The summed E-state index contributed by atoms with van der Waals surface area (Å²) in [6.45, 7) is 6.20. The van der Waals surface area contributed by atoms with Crippen LogP contribution in [0.2, 0.25) is 0 Å². The fourth-order valence-electron chi connectivity index (χ4n) is 1.79. The summed E-state index contributed by atoms with van der Waals surface area (Å²) in [5.74, 6) is 0.599. The molecule has 0 aliphatic carbocycles. The minimum absolute atomic E-state index is 0.498. The first-order valence-electron chi connectivity index (χ1n) is 6.00. The van der Waals surface area contributed by atoms with E-state index in [9.17, 15) is 0 Å². The minimum atomic E-state index is 0.498. The molecule has 2 aromatic heterocycles. The van der Waals surface area contributed by atoms with Gasteiger partial charge >= 0.3 is 0 Å². The zero-order valence-corrected chi connectivity index (χ0v) is 11.2. The molecule has 0 aromatic carbocycles. The van der Waals surface area contributed by atoms with E-state index < -0.39 is 0 Å². The number of pyridine rings is 1. The van der Waals surface area contributed by atoms with Gasteiger partial charge in [0.15, 0.2) is 0 Å². The van der Waals surface area contributed by atoms with Crippen LogP contribution >= 0.6 is 0 Å². The van der Waals surface area contributed by atoms with Crippen LogP contribution in [0.3, 0.4) is 0 Å². The predicted octanol–water partition coefficient (Wildman–Crippen LogP) is 2.28. The van der Waals surface area contributed by atoms with E-state index in [0.29, 0.717) is 17.9 Å². The van der Waals surface area contributed by atoms with Crippen molar-refractivity contribution < 1.29 is 0 Å². The molecule has 0 aliphatic rings. The SMILES string of the molecule is Cc1cnc(CNc2nc(C)cc(C)c2C#N)cn1. The maximum Gasteiger partial charge on any atom is 0.144 e. The van der Waals surface area contributed by atoms with Crippen LogP contribution in [-0.4, -0.2) is 15.0 Å². The molecule has 96 valence electrons. The second-order valence-corrected chi connectivity index (χ2v) is 4.42. The average Bonchev–Trinajstić information content (AvgIpc) is 2.37. The highest BCUT2D eigenvalue weighted by Gasteiger charge is 2.08. The Morgan fingerprint density at radius 1 is 1.16 bits per heavy atom. The summed E-state index contributed by atoms with van der Waals surface area (Å²) in [6, 6.07) is 4.07. The van der Waals surface area contributed by atoms with Crippen molar-refractivity contribution in [1.29, 1.82) is 5.26 Å². The van der Waals surface area contributed by atoms with Crippen molar-refractivity contribution in [3.05, 3.63) is 46.7 Å². The number of rotatable bonds is 3. The molecule has 0 atom stereocenters. The third-order valence-corrected chi connectivity index (χ3v) is 2.73. The number of nitrogens with zero attached hydrogens (tertiary/aromatic N) is 4. The molecule has 0 unspecified atom stereocenters. The van der Waals surface area contributed by atoms with E-state index in [-0.39, 0.29) is 0 Å². The average molecular weight is 253 g/mol. The summed E-state index contributed by atoms with van der Waals surface area (Å²) in [5, 5.41) is 12.3. The van der Waals surface area contributed by atoms with Crippen molar-refractivity contribution >= 4 is 5.82 Å². The highest BCUT2D eigenvalue weighted by atomic mass is 15.0. The molecule has 0 radical (unpaired) electrons. The molecule has 5 heteroatoms. The molecule has 0 saturated carbocycles.